The second-order valence-electron chi connectivity index (χ2n) is 3.90. The monoisotopic (exact) mass is 273 g/mol. The molecule has 0 aliphatic carbocycles. The molecule has 0 spiro atoms. The molecule has 0 saturated carbocycles. The van der Waals surface area contributed by atoms with Gasteiger partial charge in [0.2, 0.25) is 0 Å². The Hall–Kier alpha value is -1.49. The Morgan fingerprint density at radius 1 is 1.06 bits per heavy atom. The Kier molecular flexibility index (Phi) is 3.23. The average Bonchev–Trinajstić information content (AvgIpc) is 3.09. The standard InChI is InChI=1S/C14H11NOS2/c16-13(10-4-2-1-3-5-10)14-15-12(9-18-14)11-6-7-17-8-11/h1-9,13,16H. The second kappa shape index (κ2) is 5.02. The van der Waals surface area contributed by atoms with Crippen LogP contribution in [-0.2, 0) is 0 Å². The predicted octanol–water partition coefficient (Wildman–Crippen LogP) is 3.95. The van der Waals surface area contributed by atoms with Crippen molar-refractivity contribution in [2.24, 2.45) is 0 Å². The van der Waals surface area contributed by atoms with Crippen molar-refractivity contribution in [1.29, 1.82) is 0 Å². The van der Waals surface area contributed by atoms with Gasteiger partial charge in [-0.1, -0.05) is 30.3 Å². The molecule has 1 aromatic carbocycles. The number of thiazole rings is 1. The number of aliphatic hydroxyl groups excluding tert-OH is 1. The molecule has 0 aliphatic rings. The van der Waals surface area contributed by atoms with Gasteiger partial charge in [-0.15, -0.1) is 11.3 Å². The van der Waals surface area contributed by atoms with Crippen LogP contribution in [0.3, 0.4) is 0 Å². The van der Waals surface area contributed by atoms with Crippen LogP contribution in [0.2, 0.25) is 0 Å². The van der Waals surface area contributed by atoms with Crippen LogP contribution in [0.25, 0.3) is 11.3 Å². The summed E-state index contributed by atoms with van der Waals surface area (Å²) >= 11 is 3.14. The van der Waals surface area contributed by atoms with E-state index in [9.17, 15) is 5.11 Å². The molecular weight excluding hydrogens is 262 g/mol. The van der Waals surface area contributed by atoms with E-state index < -0.39 is 6.10 Å². The fourth-order valence-corrected chi connectivity index (χ4v) is 3.22. The highest BCUT2D eigenvalue weighted by Gasteiger charge is 2.14. The molecule has 3 rings (SSSR count). The molecule has 2 heterocycles. The van der Waals surface area contributed by atoms with Crippen LogP contribution in [0.4, 0.5) is 0 Å². The lowest BCUT2D eigenvalue weighted by Crippen LogP contribution is -1.98. The molecule has 2 nitrogen and oxygen atoms in total. The minimum atomic E-state index is -0.636. The largest absolute Gasteiger partial charge is 0.381 e. The van der Waals surface area contributed by atoms with Crippen LogP contribution >= 0.6 is 22.7 Å². The summed E-state index contributed by atoms with van der Waals surface area (Å²) < 4.78 is 0. The number of nitrogens with zero attached hydrogens (tertiary/aromatic N) is 1. The van der Waals surface area contributed by atoms with Crippen molar-refractivity contribution < 1.29 is 5.11 Å². The third-order valence-electron chi connectivity index (χ3n) is 2.69. The number of aromatic nitrogens is 1. The molecule has 3 aromatic rings. The molecule has 2 aromatic heterocycles. The summed E-state index contributed by atoms with van der Waals surface area (Å²) in [5.74, 6) is 0. The molecule has 0 fully saturated rings. The number of benzene rings is 1. The molecule has 18 heavy (non-hydrogen) atoms. The van der Waals surface area contributed by atoms with Crippen LogP contribution in [0.15, 0.2) is 52.5 Å². The van der Waals surface area contributed by atoms with Gasteiger partial charge in [0.25, 0.3) is 0 Å². The molecule has 0 bridgehead atoms. The summed E-state index contributed by atoms with van der Waals surface area (Å²) in [7, 11) is 0. The maximum Gasteiger partial charge on any atom is 0.131 e. The number of rotatable bonds is 3. The molecule has 1 atom stereocenters. The minimum Gasteiger partial charge on any atom is -0.381 e. The number of hydrogen-bond acceptors (Lipinski definition) is 4. The van der Waals surface area contributed by atoms with Crippen LogP contribution in [-0.4, -0.2) is 10.1 Å². The van der Waals surface area contributed by atoms with Gasteiger partial charge in [-0.25, -0.2) is 4.98 Å². The summed E-state index contributed by atoms with van der Waals surface area (Å²) in [5.41, 5.74) is 2.93. The molecule has 0 saturated heterocycles. The fourth-order valence-electron chi connectivity index (χ4n) is 1.73. The predicted molar refractivity (Wildman–Crippen MR) is 75.9 cm³/mol. The third kappa shape index (κ3) is 2.22. The Labute approximate surface area is 113 Å². The highest BCUT2D eigenvalue weighted by Crippen LogP contribution is 2.29. The van der Waals surface area contributed by atoms with Gasteiger partial charge in [-0.2, -0.15) is 11.3 Å². The molecule has 4 heteroatoms. The van der Waals surface area contributed by atoms with Crippen molar-refractivity contribution in [1.82, 2.24) is 4.98 Å². The summed E-state index contributed by atoms with van der Waals surface area (Å²) in [6.07, 6.45) is -0.636. The molecular formula is C14H11NOS2. The van der Waals surface area contributed by atoms with Crippen molar-refractivity contribution in [2.45, 2.75) is 6.10 Å². The second-order valence-corrected chi connectivity index (χ2v) is 5.57. The van der Waals surface area contributed by atoms with E-state index in [-0.39, 0.29) is 0 Å². The minimum absolute atomic E-state index is 0.636. The normalized spacial score (nSPS) is 12.5. The van der Waals surface area contributed by atoms with Crippen molar-refractivity contribution in [3.63, 3.8) is 0 Å². The number of aliphatic hydroxyl groups is 1. The highest BCUT2D eigenvalue weighted by atomic mass is 32.1. The van der Waals surface area contributed by atoms with E-state index >= 15 is 0 Å². The lowest BCUT2D eigenvalue weighted by molar-refractivity contribution is 0.220. The van der Waals surface area contributed by atoms with Gasteiger partial charge in [0.1, 0.15) is 11.1 Å². The smallest absolute Gasteiger partial charge is 0.131 e. The topological polar surface area (TPSA) is 33.1 Å². The highest BCUT2D eigenvalue weighted by molar-refractivity contribution is 7.10. The first-order chi connectivity index (χ1) is 8.84. The van der Waals surface area contributed by atoms with Gasteiger partial charge in [0.05, 0.1) is 5.69 Å². The maximum absolute atomic E-state index is 10.3. The Balaban J connectivity index is 1.90. The number of thiophene rings is 1. The van der Waals surface area contributed by atoms with Crippen LogP contribution in [0.5, 0.6) is 0 Å². The molecule has 1 N–H and O–H groups in total. The van der Waals surface area contributed by atoms with E-state index in [1.54, 1.807) is 11.3 Å². The molecule has 0 amide bonds. The van der Waals surface area contributed by atoms with E-state index in [1.807, 2.05) is 47.2 Å². The van der Waals surface area contributed by atoms with Crippen LogP contribution < -0.4 is 0 Å². The van der Waals surface area contributed by atoms with E-state index in [0.717, 1.165) is 21.8 Å². The lowest BCUT2D eigenvalue weighted by atomic mass is 10.1. The van der Waals surface area contributed by atoms with E-state index in [1.165, 1.54) is 11.3 Å². The number of hydrogen-bond donors (Lipinski definition) is 1. The van der Waals surface area contributed by atoms with Gasteiger partial charge in [-0.05, 0) is 17.0 Å². The maximum atomic E-state index is 10.3. The zero-order valence-electron chi connectivity index (χ0n) is 9.48. The Bertz CT molecular complexity index is 616. The first-order valence-electron chi connectivity index (χ1n) is 5.55. The van der Waals surface area contributed by atoms with E-state index in [0.29, 0.717) is 0 Å². The first kappa shape index (κ1) is 11.6. The summed E-state index contributed by atoms with van der Waals surface area (Å²) in [4.78, 5) is 4.50. The Morgan fingerprint density at radius 3 is 2.61 bits per heavy atom. The average molecular weight is 273 g/mol. The lowest BCUT2D eigenvalue weighted by Gasteiger charge is -2.06. The molecule has 90 valence electrons. The zero-order chi connectivity index (χ0) is 12.4. The molecule has 1 unspecified atom stereocenters. The van der Waals surface area contributed by atoms with Gasteiger partial charge in [-0.3, -0.25) is 0 Å². The van der Waals surface area contributed by atoms with E-state index in [2.05, 4.69) is 10.4 Å². The van der Waals surface area contributed by atoms with Crippen molar-refractivity contribution >= 4 is 22.7 Å². The third-order valence-corrected chi connectivity index (χ3v) is 4.27. The van der Waals surface area contributed by atoms with E-state index in [4.69, 9.17) is 0 Å². The van der Waals surface area contributed by atoms with Gasteiger partial charge >= 0.3 is 0 Å². The molecule has 0 aliphatic heterocycles. The van der Waals surface area contributed by atoms with Gasteiger partial charge in [0.15, 0.2) is 0 Å². The molecule has 0 radical (unpaired) electrons. The van der Waals surface area contributed by atoms with Crippen LogP contribution in [0, 0.1) is 0 Å². The van der Waals surface area contributed by atoms with Gasteiger partial charge < -0.3 is 5.11 Å². The fraction of sp³-hybridized carbons (Fsp3) is 0.0714. The van der Waals surface area contributed by atoms with Crippen LogP contribution in [0.1, 0.15) is 16.7 Å². The van der Waals surface area contributed by atoms with Gasteiger partial charge in [0, 0.05) is 16.3 Å². The quantitative estimate of drug-likeness (QED) is 0.783. The summed E-state index contributed by atoms with van der Waals surface area (Å²) in [6.45, 7) is 0. The first-order valence-corrected chi connectivity index (χ1v) is 7.38. The SMILES string of the molecule is OC(c1ccccc1)c1nc(-c2ccsc2)cs1. The summed E-state index contributed by atoms with van der Waals surface area (Å²) in [5, 5.41) is 17.1. The van der Waals surface area contributed by atoms with Crippen molar-refractivity contribution in [2.75, 3.05) is 0 Å². The van der Waals surface area contributed by atoms with Crippen molar-refractivity contribution in [3.05, 3.63) is 63.1 Å². The summed E-state index contributed by atoms with van der Waals surface area (Å²) in [6, 6.07) is 11.7. The van der Waals surface area contributed by atoms with Crippen molar-refractivity contribution in [3.8, 4) is 11.3 Å². The zero-order valence-corrected chi connectivity index (χ0v) is 11.1. The Morgan fingerprint density at radius 2 is 1.89 bits per heavy atom.